The van der Waals surface area contributed by atoms with Crippen LogP contribution in [0.2, 0.25) is 0 Å². The summed E-state index contributed by atoms with van der Waals surface area (Å²) < 4.78 is 0. The molecule has 0 amide bonds. The van der Waals surface area contributed by atoms with Crippen LogP contribution in [-0.2, 0) is 19.4 Å². The molecule has 0 radical (unpaired) electrons. The van der Waals surface area contributed by atoms with Crippen LogP contribution in [0.1, 0.15) is 16.7 Å². The first-order valence-electron chi connectivity index (χ1n) is 7.86. The molecule has 1 unspecified atom stereocenters. The van der Waals surface area contributed by atoms with E-state index >= 15 is 0 Å². The smallest absolute Gasteiger partial charge is 0.245 e. The highest BCUT2D eigenvalue weighted by atomic mass is 16.5. The monoisotopic (exact) mass is 309 g/mol. The van der Waals surface area contributed by atoms with E-state index in [-0.39, 0.29) is 10.9 Å². The Morgan fingerprint density at radius 2 is 1.96 bits per heavy atom. The first kappa shape index (κ1) is 14.4. The third kappa shape index (κ3) is 2.25. The third-order valence-electron chi connectivity index (χ3n) is 4.90. The molecular formula is C18H19N3O2. The third-order valence-corrected chi connectivity index (χ3v) is 4.90. The number of benzene rings is 2. The lowest BCUT2D eigenvalue weighted by molar-refractivity contribution is -0.665. The number of rotatable bonds is 1. The fourth-order valence-corrected chi connectivity index (χ4v) is 3.72. The van der Waals surface area contributed by atoms with E-state index in [2.05, 4.69) is 29.2 Å². The zero-order chi connectivity index (χ0) is 16.0. The normalized spacial score (nSPS) is 22.2. The largest absolute Gasteiger partial charge is 0.622 e. The maximum Gasteiger partial charge on any atom is 0.245 e. The summed E-state index contributed by atoms with van der Waals surface area (Å²) in [6.45, 7) is 1.87. The fourth-order valence-electron chi connectivity index (χ4n) is 3.72. The van der Waals surface area contributed by atoms with Crippen LogP contribution in [-0.4, -0.2) is 29.5 Å². The lowest BCUT2D eigenvalue weighted by Crippen LogP contribution is -3.03. The number of amidine groups is 1. The second-order valence-electron chi connectivity index (χ2n) is 6.31. The van der Waals surface area contributed by atoms with Crippen LogP contribution in [0.5, 0.6) is 0 Å². The van der Waals surface area contributed by atoms with Crippen molar-refractivity contribution in [3.8, 4) is 11.1 Å². The predicted molar refractivity (Wildman–Crippen MR) is 88.8 cm³/mol. The number of nitrogens with zero attached hydrogens (tertiary/aromatic N) is 2. The first-order valence-corrected chi connectivity index (χ1v) is 7.86. The van der Waals surface area contributed by atoms with E-state index in [0.717, 1.165) is 36.2 Å². The van der Waals surface area contributed by atoms with Crippen LogP contribution in [0.25, 0.3) is 11.1 Å². The van der Waals surface area contributed by atoms with Crippen molar-refractivity contribution in [3.63, 3.8) is 0 Å². The Balaban J connectivity index is 1.96. The summed E-state index contributed by atoms with van der Waals surface area (Å²) in [4.78, 5) is 2.30. The molecular weight excluding hydrogens is 290 g/mol. The lowest BCUT2D eigenvalue weighted by Gasteiger charge is -2.29. The maximum absolute atomic E-state index is 12.5. The molecule has 0 bridgehead atoms. The minimum atomic E-state index is -0.138. The van der Waals surface area contributed by atoms with Crippen LogP contribution in [0.3, 0.4) is 0 Å². The van der Waals surface area contributed by atoms with Gasteiger partial charge in [-0.05, 0) is 40.9 Å². The van der Waals surface area contributed by atoms with E-state index in [0.29, 0.717) is 12.1 Å². The van der Waals surface area contributed by atoms with Crippen LogP contribution in [0, 0.1) is 5.21 Å². The van der Waals surface area contributed by atoms with Crippen molar-refractivity contribution in [3.05, 3.63) is 58.3 Å². The van der Waals surface area contributed by atoms with E-state index in [9.17, 15) is 5.21 Å². The van der Waals surface area contributed by atoms with Gasteiger partial charge >= 0.3 is 0 Å². The summed E-state index contributed by atoms with van der Waals surface area (Å²) >= 11 is 0. The molecule has 0 saturated heterocycles. The van der Waals surface area contributed by atoms with Gasteiger partial charge in [-0.2, -0.15) is 0 Å². The molecule has 23 heavy (non-hydrogen) atoms. The maximum atomic E-state index is 12.5. The summed E-state index contributed by atoms with van der Waals surface area (Å²) in [5.41, 5.74) is 6.59. The molecule has 1 atom stereocenters. The molecule has 0 saturated carbocycles. The molecule has 2 heterocycles. The van der Waals surface area contributed by atoms with E-state index in [1.807, 2.05) is 24.3 Å². The Kier molecular flexibility index (Phi) is 3.41. The SMILES string of the molecule is CN1CCc2c(c(-c3ccccc3)cc3c2CC(=NO)[NH+]3[O-])C1. The van der Waals surface area contributed by atoms with Crippen molar-refractivity contribution in [2.45, 2.75) is 19.4 Å². The second kappa shape index (κ2) is 5.45. The lowest BCUT2D eigenvalue weighted by atomic mass is 9.86. The van der Waals surface area contributed by atoms with Gasteiger partial charge in [0.25, 0.3) is 0 Å². The minimum Gasteiger partial charge on any atom is -0.622 e. The molecule has 2 aromatic rings. The van der Waals surface area contributed by atoms with Gasteiger partial charge in [0, 0.05) is 24.7 Å². The van der Waals surface area contributed by atoms with Gasteiger partial charge in [0.1, 0.15) is 5.69 Å². The number of fused-ring (bicyclic) bond motifs is 3. The van der Waals surface area contributed by atoms with Crippen molar-refractivity contribution >= 4 is 11.5 Å². The zero-order valence-electron chi connectivity index (χ0n) is 13.0. The molecule has 2 aromatic carbocycles. The minimum absolute atomic E-state index is 0.138. The molecule has 118 valence electrons. The van der Waals surface area contributed by atoms with Crippen LogP contribution >= 0.6 is 0 Å². The van der Waals surface area contributed by atoms with E-state index < -0.39 is 0 Å². The predicted octanol–water partition coefficient (Wildman–Crippen LogP) is 1.70. The first-order chi connectivity index (χ1) is 11.2. The van der Waals surface area contributed by atoms with Gasteiger partial charge in [0.05, 0.1) is 6.42 Å². The molecule has 2 aliphatic rings. The number of oxime groups is 1. The number of hydrogen-bond acceptors (Lipinski definition) is 4. The van der Waals surface area contributed by atoms with Gasteiger partial charge in [0.15, 0.2) is 0 Å². The molecule has 4 rings (SSSR count). The number of nitrogens with one attached hydrogen (secondary N) is 1. The number of likely N-dealkylation sites (N-methyl/N-ethyl adjacent to an activating group) is 1. The molecule has 0 spiro atoms. The van der Waals surface area contributed by atoms with Crippen molar-refractivity contribution in [1.29, 1.82) is 0 Å². The van der Waals surface area contributed by atoms with Gasteiger partial charge in [-0.1, -0.05) is 30.3 Å². The van der Waals surface area contributed by atoms with E-state index in [1.54, 1.807) is 0 Å². The van der Waals surface area contributed by atoms with Crippen molar-refractivity contribution in [2.75, 3.05) is 13.6 Å². The molecule has 0 fully saturated rings. The Hall–Kier alpha value is -2.21. The van der Waals surface area contributed by atoms with E-state index in [1.165, 1.54) is 11.1 Å². The van der Waals surface area contributed by atoms with Gasteiger partial charge in [0.2, 0.25) is 5.84 Å². The second-order valence-corrected chi connectivity index (χ2v) is 6.31. The Bertz CT molecular complexity index is 787. The Morgan fingerprint density at radius 1 is 1.17 bits per heavy atom. The fraction of sp³-hybridized carbons (Fsp3) is 0.278. The van der Waals surface area contributed by atoms with Crippen LogP contribution < -0.4 is 5.06 Å². The molecule has 2 N–H and O–H groups in total. The molecule has 2 aliphatic heterocycles. The van der Waals surface area contributed by atoms with Gasteiger partial charge in [-0.25, -0.2) is 0 Å². The van der Waals surface area contributed by atoms with Crippen molar-refractivity contribution < 1.29 is 10.3 Å². The van der Waals surface area contributed by atoms with Crippen molar-refractivity contribution in [1.82, 2.24) is 4.90 Å². The number of quaternary nitrogens is 1. The van der Waals surface area contributed by atoms with Gasteiger partial charge < -0.3 is 15.3 Å². The van der Waals surface area contributed by atoms with Crippen LogP contribution in [0.4, 0.5) is 5.69 Å². The number of hydrogen-bond donors (Lipinski definition) is 2. The zero-order valence-corrected chi connectivity index (χ0v) is 13.0. The quantitative estimate of drug-likeness (QED) is 0.479. The molecule has 0 aromatic heterocycles. The highest BCUT2D eigenvalue weighted by molar-refractivity contribution is 5.87. The topological polar surface area (TPSA) is 63.3 Å². The highest BCUT2D eigenvalue weighted by Crippen LogP contribution is 2.37. The molecule has 0 aliphatic carbocycles. The van der Waals surface area contributed by atoms with Gasteiger partial charge in [-0.3, -0.25) is 5.06 Å². The summed E-state index contributed by atoms with van der Waals surface area (Å²) in [6.07, 6.45) is 1.38. The summed E-state index contributed by atoms with van der Waals surface area (Å²) in [5.74, 6) is 0.256. The van der Waals surface area contributed by atoms with Crippen molar-refractivity contribution in [2.24, 2.45) is 5.16 Å². The standard InChI is InChI=1S/C18H19N3O2/c1-20-8-7-13-15-10-18(19-22)21(23)17(15)9-14(16(13)11-20)12-5-3-2-4-6-12/h2-6,9,21-22H,7-8,10-11H2,1H3. The highest BCUT2D eigenvalue weighted by Gasteiger charge is 2.33. The van der Waals surface area contributed by atoms with Crippen LogP contribution in [0.15, 0.2) is 41.6 Å². The van der Waals surface area contributed by atoms with E-state index in [4.69, 9.17) is 5.21 Å². The Labute approximate surface area is 135 Å². The average Bonchev–Trinajstić information content (AvgIpc) is 2.91. The molecule has 5 nitrogen and oxygen atoms in total. The summed E-state index contributed by atoms with van der Waals surface area (Å²) in [6, 6.07) is 12.2. The molecule has 5 heteroatoms. The van der Waals surface area contributed by atoms with Gasteiger partial charge in [-0.15, -0.1) is 0 Å². The summed E-state index contributed by atoms with van der Waals surface area (Å²) in [5, 5.41) is 24.6. The Morgan fingerprint density at radius 3 is 2.70 bits per heavy atom. The summed E-state index contributed by atoms with van der Waals surface area (Å²) in [7, 11) is 2.12. The average molecular weight is 309 g/mol. The number of hydroxylamine groups is 1.